The van der Waals surface area contributed by atoms with Gasteiger partial charge in [0.05, 0.1) is 0 Å². The largest absolute Gasteiger partial charge is 0.396 e. The Hall–Kier alpha value is -1.88. The first kappa shape index (κ1) is 16.6. The minimum Gasteiger partial charge on any atom is -0.396 e. The molecule has 0 spiro atoms. The van der Waals surface area contributed by atoms with E-state index in [0.29, 0.717) is 31.2 Å². The lowest BCUT2D eigenvalue weighted by atomic mass is 9.85. The van der Waals surface area contributed by atoms with Crippen molar-refractivity contribution >= 4 is 17.5 Å². The third kappa shape index (κ3) is 3.06. The number of aryl methyl sites for hydroxylation is 1. The van der Waals surface area contributed by atoms with Gasteiger partial charge in [-0.3, -0.25) is 9.59 Å². The zero-order chi connectivity index (χ0) is 17.4. The van der Waals surface area contributed by atoms with Gasteiger partial charge < -0.3 is 15.3 Å². The van der Waals surface area contributed by atoms with Gasteiger partial charge in [0.25, 0.3) is 0 Å². The molecule has 0 radical (unpaired) electrons. The number of rotatable bonds is 5. The van der Waals surface area contributed by atoms with Crippen molar-refractivity contribution in [1.82, 2.24) is 5.32 Å². The van der Waals surface area contributed by atoms with Crippen LogP contribution in [0.2, 0.25) is 0 Å². The van der Waals surface area contributed by atoms with E-state index in [-0.39, 0.29) is 30.4 Å². The third-order valence-corrected chi connectivity index (χ3v) is 6.38. The summed E-state index contributed by atoms with van der Waals surface area (Å²) in [7, 11) is 0. The van der Waals surface area contributed by atoms with Crippen LogP contribution >= 0.6 is 0 Å². The summed E-state index contributed by atoms with van der Waals surface area (Å²) < 4.78 is 0. The quantitative estimate of drug-likeness (QED) is 0.858. The fourth-order valence-corrected chi connectivity index (χ4v) is 5.11. The second-order valence-electron chi connectivity index (χ2n) is 7.70. The molecule has 1 heterocycles. The van der Waals surface area contributed by atoms with E-state index in [4.69, 9.17) is 0 Å². The molecule has 134 valence electrons. The number of carbonyl (C=O) groups is 2. The maximum Gasteiger partial charge on any atom is 0.227 e. The van der Waals surface area contributed by atoms with Crippen LogP contribution < -0.4 is 10.2 Å². The molecule has 4 rings (SSSR count). The van der Waals surface area contributed by atoms with Crippen molar-refractivity contribution in [3.63, 3.8) is 0 Å². The highest BCUT2D eigenvalue weighted by Crippen LogP contribution is 2.48. The number of nitrogens with zero attached hydrogens (tertiary/aromatic N) is 1. The molecule has 3 aliphatic rings. The number of aliphatic hydroxyl groups excluding tert-OH is 1. The molecule has 2 N–H and O–H groups in total. The lowest BCUT2D eigenvalue weighted by molar-refractivity contribution is -0.122. The van der Waals surface area contributed by atoms with Gasteiger partial charge in [0.15, 0.2) is 0 Å². The molecule has 2 bridgehead atoms. The Morgan fingerprint density at radius 3 is 2.84 bits per heavy atom. The van der Waals surface area contributed by atoms with Gasteiger partial charge in [-0.15, -0.1) is 0 Å². The minimum atomic E-state index is -0.00754. The maximum atomic E-state index is 12.5. The Balaban J connectivity index is 1.37. The van der Waals surface area contributed by atoms with Crippen LogP contribution in [0, 0.1) is 17.8 Å². The molecule has 0 aromatic heterocycles. The van der Waals surface area contributed by atoms with Crippen molar-refractivity contribution in [1.29, 1.82) is 0 Å². The number of anilines is 1. The lowest BCUT2D eigenvalue weighted by Gasteiger charge is -2.32. The average Bonchev–Trinajstić information content (AvgIpc) is 3.22. The van der Waals surface area contributed by atoms with Crippen LogP contribution in [0.3, 0.4) is 0 Å². The maximum absolute atomic E-state index is 12.5. The van der Waals surface area contributed by atoms with E-state index in [1.54, 1.807) is 4.90 Å². The fraction of sp³-hybridized carbons (Fsp3) is 0.600. The van der Waals surface area contributed by atoms with Gasteiger partial charge in [-0.25, -0.2) is 0 Å². The van der Waals surface area contributed by atoms with Crippen molar-refractivity contribution < 1.29 is 14.7 Å². The van der Waals surface area contributed by atoms with E-state index in [2.05, 4.69) is 11.4 Å². The highest BCUT2D eigenvalue weighted by Gasteiger charge is 2.47. The molecule has 1 aromatic rings. The Morgan fingerprint density at radius 1 is 1.20 bits per heavy atom. The highest BCUT2D eigenvalue weighted by molar-refractivity contribution is 5.97. The summed E-state index contributed by atoms with van der Waals surface area (Å²) in [5.41, 5.74) is 2.12. The van der Waals surface area contributed by atoms with Gasteiger partial charge in [-0.2, -0.15) is 0 Å². The van der Waals surface area contributed by atoms with Crippen LogP contribution in [-0.4, -0.2) is 36.1 Å². The Kier molecular flexibility index (Phi) is 4.50. The van der Waals surface area contributed by atoms with E-state index in [9.17, 15) is 14.7 Å². The summed E-state index contributed by atoms with van der Waals surface area (Å²) in [5.74, 6) is 1.38. The zero-order valence-electron chi connectivity index (χ0n) is 14.5. The molecule has 4 unspecified atom stereocenters. The summed E-state index contributed by atoms with van der Waals surface area (Å²) in [6, 6.07) is 8.05. The Bertz CT molecular complexity index is 675. The first-order chi connectivity index (χ1) is 12.2. The molecule has 2 amide bonds. The van der Waals surface area contributed by atoms with Crippen molar-refractivity contribution in [2.24, 2.45) is 17.8 Å². The fourth-order valence-electron chi connectivity index (χ4n) is 5.11. The summed E-state index contributed by atoms with van der Waals surface area (Å²) in [6.45, 7) is 0.580. The number of aliphatic hydroxyl groups is 1. The smallest absolute Gasteiger partial charge is 0.227 e. The lowest BCUT2D eigenvalue weighted by Crippen LogP contribution is -2.46. The molecule has 5 nitrogen and oxygen atoms in total. The highest BCUT2D eigenvalue weighted by atomic mass is 16.3. The molecule has 25 heavy (non-hydrogen) atoms. The Labute approximate surface area is 148 Å². The second kappa shape index (κ2) is 6.79. The van der Waals surface area contributed by atoms with Gasteiger partial charge in [0, 0.05) is 43.6 Å². The molecule has 2 aliphatic carbocycles. The van der Waals surface area contributed by atoms with Gasteiger partial charge >= 0.3 is 0 Å². The predicted octanol–water partition coefficient (Wildman–Crippen LogP) is 1.88. The third-order valence-electron chi connectivity index (χ3n) is 6.38. The van der Waals surface area contributed by atoms with Crippen LogP contribution in [0.4, 0.5) is 5.69 Å². The number of hydrogen-bond acceptors (Lipinski definition) is 3. The molecule has 2 fully saturated rings. The van der Waals surface area contributed by atoms with Gasteiger partial charge in [-0.1, -0.05) is 18.2 Å². The molecular weight excluding hydrogens is 316 g/mol. The van der Waals surface area contributed by atoms with Crippen LogP contribution in [0.5, 0.6) is 0 Å². The van der Waals surface area contributed by atoms with E-state index in [1.807, 2.05) is 18.2 Å². The van der Waals surface area contributed by atoms with Crippen molar-refractivity contribution in [3.05, 3.63) is 29.8 Å². The zero-order valence-corrected chi connectivity index (χ0v) is 14.5. The predicted molar refractivity (Wildman–Crippen MR) is 95.1 cm³/mol. The number of amides is 2. The van der Waals surface area contributed by atoms with E-state index < -0.39 is 0 Å². The van der Waals surface area contributed by atoms with Crippen molar-refractivity contribution in [3.8, 4) is 0 Å². The van der Waals surface area contributed by atoms with Gasteiger partial charge in [0.1, 0.15) is 0 Å². The molecule has 1 aromatic carbocycles. The normalized spacial score (nSPS) is 30.4. The van der Waals surface area contributed by atoms with Crippen LogP contribution in [-0.2, 0) is 16.0 Å². The second-order valence-corrected chi connectivity index (χ2v) is 7.70. The average molecular weight is 342 g/mol. The molecule has 2 saturated carbocycles. The van der Waals surface area contributed by atoms with Gasteiger partial charge in [-0.05, 0) is 49.1 Å². The van der Waals surface area contributed by atoms with Crippen molar-refractivity contribution in [2.45, 2.75) is 44.6 Å². The first-order valence-electron chi connectivity index (χ1n) is 9.46. The monoisotopic (exact) mass is 342 g/mol. The topological polar surface area (TPSA) is 69.6 Å². The minimum absolute atomic E-state index is 0.00754. The number of carbonyl (C=O) groups excluding carboxylic acids is 2. The Morgan fingerprint density at radius 2 is 2.00 bits per heavy atom. The van der Waals surface area contributed by atoms with Crippen LogP contribution in [0.1, 0.15) is 37.7 Å². The number of benzene rings is 1. The summed E-state index contributed by atoms with van der Waals surface area (Å²) in [4.78, 5) is 26.5. The summed E-state index contributed by atoms with van der Waals surface area (Å²) in [5, 5.41) is 12.8. The van der Waals surface area contributed by atoms with Crippen LogP contribution in [0.25, 0.3) is 0 Å². The molecule has 5 heteroatoms. The number of hydrogen-bond donors (Lipinski definition) is 2. The standard InChI is InChI=1S/C20H26N2O3/c23-12-16-14-5-6-15(11-14)20(16)21-18(24)9-10-22-17-4-2-1-3-13(17)7-8-19(22)25/h1-4,14-16,20,23H,5-12H2,(H,21,24). The first-order valence-corrected chi connectivity index (χ1v) is 9.46. The van der Waals surface area contributed by atoms with E-state index in [0.717, 1.165) is 24.9 Å². The number of fused-ring (bicyclic) bond motifs is 3. The van der Waals surface area contributed by atoms with Crippen LogP contribution in [0.15, 0.2) is 24.3 Å². The molecule has 0 saturated heterocycles. The number of para-hydroxylation sites is 1. The molecule has 4 atom stereocenters. The number of nitrogens with one attached hydrogen (secondary N) is 1. The van der Waals surface area contributed by atoms with Crippen molar-refractivity contribution in [2.75, 3.05) is 18.1 Å². The summed E-state index contributed by atoms with van der Waals surface area (Å²) in [6.07, 6.45) is 5.07. The van der Waals surface area contributed by atoms with Gasteiger partial charge in [0.2, 0.25) is 11.8 Å². The van der Waals surface area contributed by atoms with E-state index >= 15 is 0 Å². The molecule has 1 aliphatic heterocycles. The van der Waals surface area contributed by atoms with E-state index in [1.165, 1.54) is 12.0 Å². The molecular formula is C20H26N2O3. The SMILES string of the molecule is O=C(CCN1C(=O)CCc2ccccc21)NC1C2CCC(C2)C1CO. The summed E-state index contributed by atoms with van der Waals surface area (Å²) >= 11 is 0.